The fourth-order valence-electron chi connectivity index (χ4n) is 0.484. The maximum atomic E-state index is 10.9. The molecule has 0 amide bonds. The van der Waals surface area contributed by atoms with Crippen LogP contribution in [0.1, 0.15) is 20.3 Å². The lowest BCUT2D eigenvalue weighted by Crippen LogP contribution is -2.02. The highest BCUT2D eigenvalue weighted by molar-refractivity contribution is 9.09. The van der Waals surface area contributed by atoms with Gasteiger partial charge in [0.1, 0.15) is 0 Å². The van der Waals surface area contributed by atoms with Crippen LogP contribution in [0.2, 0.25) is 0 Å². The van der Waals surface area contributed by atoms with Crippen molar-refractivity contribution < 1.29 is 9.53 Å². The van der Waals surface area contributed by atoms with E-state index in [0.717, 1.165) is 12.0 Å². The fourth-order valence-corrected chi connectivity index (χ4v) is 0.646. The monoisotopic (exact) mass is 220 g/mol. The number of ether oxygens (including phenoxy) is 1. The van der Waals surface area contributed by atoms with Crippen molar-refractivity contribution in [2.75, 3.05) is 11.9 Å². The van der Waals surface area contributed by atoms with Gasteiger partial charge in [0.15, 0.2) is 0 Å². The molecule has 0 N–H and O–H groups in total. The highest BCUT2D eigenvalue weighted by Gasteiger charge is 1.96. The Morgan fingerprint density at radius 2 is 2.27 bits per heavy atom. The average molecular weight is 221 g/mol. The number of hydrogen-bond donors (Lipinski definition) is 0. The normalized spacial score (nSPS) is 11.4. The molecule has 2 nitrogen and oxygen atoms in total. The SMILES string of the molecule is CCCOC(=O)C=C(C)CBr. The summed E-state index contributed by atoms with van der Waals surface area (Å²) in [4.78, 5) is 10.9. The van der Waals surface area contributed by atoms with E-state index in [-0.39, 0.29) is 5.97 Å². The Kier molecular flexibility index (Phi) is 6.22. The summed E-state index contributed by atoms with van der Waals surface area (Å²) in [5.74, 6) is -0.246. The van der Waals surface area contributed by atoms with Gasteiger partial charge in [-0.05, 0) is 13.3 Å². The predicted octanol–water partition coefficient (Wildman–Crippen LogP) is 2.28. The first-order valence-corrected chi connectivity index (χ1v) is 4.72. The number of rotatable bonds is 4. The zero-order valence-electron chi connectivity index (χ0n) is 6.89. The third-order valence-corrected chi connectivity index (χ3v) is 1.91. The van der Waals surface area contributed by atoms with Crippen LogP contribution in [0.5, 0.6) is 0 Å². The van der Waals surface area contributed by atoms with E-state index in [0.29, 0.717) is 11.9 Å². The Bertz CT molecular complexity index is 152. The smallest absolute Gasteiger partial charge is 0.330 e. The summed E-state index contributed by atoms with van der Waals surface area (Å²) in [5, 5.41) is 0.716. The summed E-state index contributed by atoms with van der Waals surface area (Å²) < 4.78 is 4.83. The molecular weight excluding hydrogens is 208 g/mol. The first kappa shape index (κ1) is 10.7. The van der Waals surface area contributed by atoms with E-state index < -0.39 is 0 Å². The van der Waals surface area contributed by atoms with Crippen molar-refractivity contribution >= 4 is 21.9 Å². The van der Waals surface area contributed by atoms with Gasteiger partial charge in [0.25, 0.3) is 0 Å². The molecule has 0 saturated carbocycles. The molecular formula is C8H13BrO2. The minimum Gasteiger partial charge on any atom is -0.463 e. The Labute approximate surface area is 75.7 Å². The summed E-state index contributed by atoms with van der Waals surface area (Å²) in [6, 6.07) is 0. The van der Waals surface area contributed by atoms with Crippen LogP contribution >= 0.6 is 15.9 Å². The van der Waals surface area contributed by atoms with Gasteiger partial charge in [0.05, 0.1) is 6.61 Å². The molecule has 0 radical (unpaired) electrons. The molecule has 0 spiro atoms. The second kappa shape index (κ2) is 6.40. The molecule has 0 aliphatic heterocycles. The highest BCUT2D eigenvalue weighted by Crippen LogP contribution is 1.98. The van der Waals surface area contributed by atoms with Crippen molar-refractivity contribution in [3.63, 3.8) is 0 Å². The second-order valence-electron chi connectivity index (χ2n) is 2.29. The van der Waals surface area contributed by atoms with E-state index in [1.54, 1.807) is 0 Å². The molecule has 0 unspecified atom stereocenters. The quantitative estimate of drug-likeness (QED) is 0.413. The number of hydrogen-bond acceptors (Lipinski definition) is 2. The van der Waals surface area contributed by atoms with Crippen LogP contribution in [-0.4, -0.2) is 17.9 Å². The largest absolute Gasteiger partial charge is 0.463 e. The Morgan fingerprint density at radius 1 is 1.64 bits per heavy atom. The van der Waals surface area contributed by atoms with Gasteiger partial charge in [0, 0.05) is 11.4 Å². The van der Waals surface area contributed by atoms with Crippen LogP contribution in [0.4, 0.5) is 0 Å². The summed E-state index contributed by atoms with van der Waals surface area (Å²) in [6.45, 7) is 4.35. The second-order valence-corrected chi connectivity index (χ2v) is 2.85. The van der Waals surface area contributed by atoms with E-state index in [2.05, 4.69) is 15.9 Å². The molecule has 0 bridgehead atoms. The van der Waals surface area contributed by atoms with Gasteiger partial charge < -0.3 is 4.74 Å². The summed E-state index contributed by atoms with van der Waals surface area (Å²) in [6.07, 6.45) is 2.37. The summed E-state index contributed by atoms with van der Waals surface area (Å²) in [5.41, 5.74) is 0.978. The third-order valence-electron chi connectivity index (χ3n) is 1.02. The van der Waals surface area contributed by atoms with Gasteiger partial charge in [-0.1, -0.05) is 28.4 Å². The first-order chi connectivity index (χ1) is 5.20. The van der Waals surface area contributed by atoms with Gasteiger partial charge in [-0.25, -0.2) is 4.79 Å². The average Bonchev–Trinajstić information content (AvgIpc) is 2.00. The van der Waals surface area contributed by atoms with E-state index in [4.69, 9.17) is 4.74 Å². The minimum atomic E-state index is -0.246. The first-order valence-electron chi connectivity index (χ1n) is 3.60. The zero-order valence-corrected chi connectivity index (χ0v) is 8.48. The standard InChI is InChI=1S/C8H13BrO2/c1-3-4-11-8(10)5-7(2)6-9/h5H,3-4,6H2,1-2H3. The van der Waals surface area contributed by atoms with Crippen molar-refractivity contribution in [2.24, 2.45) is 0 Å². The molecule has 0 fully saturated rings. The molecule has 0 atom stereocenters. The van der Waals surface area contributed by atoms with Crippen LogP contribution in [0.25, 0.3) is 0 Å². The maximum absolute atomic E-state index is 10.9. The van der Waals surface area contributed by atoms with Crippen LogP contribution in [0.15, 0.2) is 11.6 Å². The van der Waals surface area contributed by atoms with Gasteiger partial charge in [-0.15, -0.1) is 0 Å². The zero-order chi connectivity index (χ0) is 8.69. The van der Waals surface area contributed by atoms with Gasteiger partial charge in [0.2, 0.25) is 0 Å². The lowest BCUT2D eigenvalue weighted by Gasteiger charge is -1.98. The lowest BCUT2D eigenvalue weighted by molar-refractivity contribution is -0.137. The molecule has 0 aromatic carbocycles. The Morgan fingerprint density at radius 3 is 2.73 bits per heavy atom. The van der Waals surface area contributed by atoms with Crippen LogP contribution < -0.4 is 0 Å². The number of allylic oxidation sites excluding steroid dienone is 1. The van der Waals surface area contributed by atoms with Gasteiger partial charge in [-0.2, -0.15) is 0 Å². The van der Waals surface area contributed by atoms with E-state index in [9.17, 15) is 4.79 Å². The third kappa shape index (κ3) is 6.10. The van der Waals surface area contributed by atoms with Crippen molar-refractivity contribution in [3.05, 3.63) is 11.6 Å². The van der Waals surface area contributed by atoms with Crippen LogP contribution in [-0.2, 0) is 9.53 Å². The van der Waals surface area contributed by atoms with E-state index in [1.165, 1.54) is 6.08 Å². The van der Waals surface area contributed by atoms with Crippen molar-refractivity contribution in [1.82, 2.24) is 0 Å². The highest BCUT2D eigenvalue weighted by atomic mass is 79.9. The summed E-state index contributed by atoms with van der Waals surface area (Å²) >= 11 is 3.24. The molecule has 0 aromatic heterocycles. The summed E-state index contributed by atoms with van der Waals surface area (Å²) in [7, 11) is 0. The molecule has 64 valence electrons. The predicted molar refractivity (Wildman–Crippen MR) is 48.8 cm³/mol. The molecule has 0 heterocycles. The molecule has 0 aromatic rings. The number of halogens is 1. The molecule has 0 aliphatic rings. The van der Waals surface area contributed by atoms with E-state index in [1.807, 2.05) is 13.8 Å². The molecule has 0 aliphatic carbocycles. The molecule has 0 saturated heterocycles. The number of carbonyl (C=O) groups excluding carboxylic acids is 1. The van der Waals surface area contributed by atoms with Crippen molar-refractivity contribution in [2.45, 2.75) is 20.3 Å². The fraction of sp³-hybridized carbons (Fsp3) is 0.625. The minimum absolute atomic E-state index is 0.246. The van der Waals surface area contributed by atoms with Gasteiger partial charge >= 0.3 is 5.97 Å². The van der Waals surface area contributed by atoms with Crippen molar-refractivity contribution in [3.8, 4) is 0 Å². The van der Waals surface area contributed by atoms with Crippen LogP contribution in [0.3, 0.4) is 0 Å². The topological polar surface area (TPSA) is 26.3 Å². The number of alkyl halides is 1. The van der Waals surface area contributed by atoms with Crippen LogP contribution in [0, 0.1) is 0 Å². The lowest BCUT2D eigenvalue weighted by atomic mass is 10.3. The van der Waals surface area contributed by atoms with Gasteiger partial charge in [-0.3, -0.25) is 0 Å². The molecule has 11 heavy (non-hydrogen) atoms. The van der Waals surface area contributed by atoms with E-state index >= 15 is 0 Å². The van der Waals surface area contributed by atoms with Crippen molar-refractivity contribution in [1.29, 1.82) is 0 Å². The number of carbonyl (C=O) groups is 1. The Balaban J connectivity index is 3.67. The molecule has 0 rings (SSSR count). The maximum Gasteiger partial charge on any atom is 0.330 e. The molecule has 3 heteroatoms. The number of esters is 1. The Hall–Kier alpha value is -0.310.